The Morgan fingerprint density at radius 2 is 1.39 bits per heavy atom. The Morgan fingerprint density at radius 1 is 0.740 bits per heavy atom. The number of hydrogen-bond acceptors (Lipinski definition) is 10. The Kier molecular flexibility index (Phi) is 21.0. The van der Waals surface area contributed by atoms with Gasteiger partial charge in [0.2, 0.25) is 23.6 Å². The van der Waals surface area contributed by atoms with Crippen LogP contribution in [0.4, 0.5) is 11.4 Å². The maximum absolute atomic E-state index is 14.9. The fourth-order valence-corrected chi connectivity index (χ4v) is 10.7. The van der Waals surface area contributed by atoms with E-state index in [0.717, 1.165) is 58.5 Å². The quantitative estimate of drug-likeness (QED) is 0.0601. The lowest BCUT2D eigenvalue weighted by atomic mass is 9.83. The molecule has 6 atom stereocenters. The SMILES string of the molecule is CN[C@@H](C)C(=O)N[C@H]1CN(C(=O)c2ccc(C(=O)N[C@H]3C[C@@H](C(=O)NCc4ccccc4)N(C(=O)[C@@H](NC(=O)[C@H](C)NC)C4CCCCC4)C3)cc2)c2ccccc2N(Cc2c(OC)ccc3cc(Br)ccc23)C1=O.Cl.Cl. The predicted octanol–water partition coefficient (Wildman–Crippen LogP) is 6.43. The van der Waals surface area contributed by atoms with Gasteiger partial charge >= 0.3 is 0 Å². The fraction of sp³-hybridized carbons (Fsp3) is 0.386. The third kappa shape index (κ3) is 13.8. The first-order valence-corrected chi connectivity index (χ1v) is 26.4. The average Bonchev–Trinajstić information content (AvgIpc) is 3.85. The van der Waals surface area contributed by atoms with Crippen LogP contribution in [0.15, 0.2) is 114 Å². The maximum Gasteiger partial charge on any atom is 0.258 e. The van der Waals surface area contributed by atoms with Gasteiger partial charge in [-0.3, -0.25) is 33.6 Å². The number of likely N-dealkylation sites (tertiary alicyclic amines) is 1. The Balaban J connectivity index is 0.00000480. The number of fused-ring (bicyclic) bond motifs is 2. The average molecular weight is 1160 g/mol. The van der Waals surface area contributed by atoms with Gasteiger partial charge in [-0.05, 0) is 124 Å². The van der Waals surface area contributed by atoms with E-state index >= 15 is 0 Å². The van der Waals surface area contributed by atoms with Crippen LogP contribution in [0.5, 0.6) is 5.75 Å². The molecule has 2 fully saturated rings. The maximum atomic E-state index is 14.9. The Morgan fingerprint density at radius 3 is 2.06 bits per heavy atom. The molecular formula is C57H68BrCl2N9O8. The van der Waals surface area contributed by atoms with Crippen molar-refractivity contribution in [3.63, 3.8) is 0 Å². The highest BCUT2D eigenvalue weighted by atomic mass is 79.9. The summed E-state index contributed by atoms with van der Waals surface area (Å²) in [6.45, 7) is 3.52. The van der Waals surface area contributed by atoms with Crippen LogP contribution in [0, 0.1) is 5.92 Å². The number of halogens is 3. The first-order chi connectivity index (χ1) is 36.2. The van der Waals surface area contributed by atoms with Crippen molar-refractivity contribution in [3.05, 3.63) is 136 Å². The van der Waals surface area contributed by atoms with Crippen molar-refractivity contribution < 1.29 is 38.3 Å². The molecule has 2 aliphatic heterocycles. The second kappa shape index (κ2) is 27.1. The molecular weight excluding hydrogens is 1090 g/mol. The minimum absolute atomic E-state index is 0. The third-order valence-electron chi connectivity index (χ3n) is 14.8. The third-order valence-corrected chi connectivity index (χ3v) is 15.3. The summed E-state index contributed by atoms with van der Waals surface area (Å²) in [5.41, 5.74) is 2.94. The van der Waals surface area contributed by atoms with Gasteiger partial charge in [-0.2, -0.15) is 0 Å². The molecule has 77 heavy (non-hydrogen) atoms. The molecule has 0 unspecified atom stereocenters. The number of amides is 7. The number of nitrogens with one attached hydrogen (secondary N) is 6. The second-order valence-electron chi connectivity index (χ2n) is 19.6. The molecule has 1 aliphatic carbocycles. The van der Waals surface area contributed by atoms with Gasteiger partial charge in [0, 0.05) is 40.3 Å². The van der Waals surface area contributed by atoms with Crippen LogP contribution in [-0.2, 0) is 37.1 Å². The van der Waals surface area contributed by atoms with Gasteiger partial charge in [0.25, 0.3) is 17.7 Å². The van der Waals surface area contributed by atoms with Crippen LogP contribution >= 0.6 is 40.7 Å². The topological polar surface area (TPSA) is 211 Å². The largest absolute Gasteiger partial charge is 0.496 e. The van der Waals surface area contributed by atoms with Crippen molar-refractivity contribution in [2.24, 2.45) is 5.92 Å². The second-order valence-corrected chi connectivity index (χ2v) is 20.5. The van der Waals surface area contributed by atoms with E-state index in [-0.39, 0.29) is 92.2 Å². The first kappa shape index (κ1) is 59.7. The monoisotopic (exact) mass is 1160 g/mol. The van der Waals surface area contributed by atoms with E-state index in [4.69, 9.17) is 4.74 Å². The highest BCUT2D eigenvalue weighted by Gasteiger charge is 2.45. The molecule has 5 aromatic carbocycles. The standard InChI is InChI=1S/C57H66BrN9O8.2ClH/c1-34(59-3)51(68)63-45-33-67(47-19-13-12-18-46(47)66(56(45)73)32-44-43-26-25-41(58)28-40(43)24-27-49(44)75-5)55(72)39-22-20-38(21-23-39)53(70)62-42-29-48(54(71)61-30-36-14-8-6-9-15-36)65(31-42)57(74)50(37-16-10-7-11-17-37)64-52(69)35(2)60-4;;/h6,8-9,12-15,18-28,34-35,37,42,45,48,50,59-60H,7,10-11,16-17,29-33H2,1-5H3,(H,61,71)(H,62,70)(H,63,68)(H,64,69);2*1H/t34-,35-,42-,45-,48-,50-;;/m0../s1. The number of rotatable bonds is 17. The molecule has 0 radical (unpaired) electrons. The zero-order valence-corrected chi connectivity index (χ0v) is 47.0. The molecule has 2 heterocycles. The van der Waals surface area contributed by atoms with Crippen LogP contribution in [0.25, 0.3) is 10.8 Å². The van der Waals surface area contributed by atoms with Gasteiger partial charge in [-0.15, -0.1) is 24.8 Å². The van der Waals surface area contributed by atoms with Crippen molar-refractivity contribution in [1.29, 1.82) is 0 Å². The van der Waals surface area contributed by atoms with Crippen molar-refractivity contribution in [2.75, 3.05) is 44.1 Å². The Hall–Kier alpha value is -6.57. The van der Waals surface area contributed by atoms with Crippen LogP contribution < -0.4 is 46.4 Å². The van der Waals surface area contributed by atoms with Crippen LogP contribution in [0.3, 0.4) is 0 Å². The van der Waals surface area contributed by atoms with Crippen LogP contribution in [-0.4, -0.2) is 117 Å². The molecule has 7 amide bonds. The summed E-state index contributed by atoms with van der Waals surface area (Å²) in [5, 5.41) is 19.6. The number of carbonyl (C=O) groups is 7. The summed E-state index contributed by atoms with van der Waals surface area (Å²) < 4.78 is 6.72. The summed E-state index contributed by atoms with van der Waals surface area (Å²) in [5.74, 6) is -2.41. The Bertz CT molecular complexity index is 2930. The Labute approximate surface area is 470 Å². The van der Waals surface area contributed by atoms with E-state index in [2.05, 4.69) is 47.8 Å². The molecule has 5 aromatic rings. The van der Waals surface area contributed by atoms with Crippen molar-refractivity contribution in [2.45, 2.75) is 102 Å². The van der Waals surface area contributed by atoms with Gasteiger partial charge in [-0.25, -0.2) is 0 Å². The number of nitrogens with zero attached hydrogens (tertiary/aromatic N) is 3. The van der Waals surface area contributed by atoms with Crippen molar-refractivity contribution >= 4 is 104 Å². The fourth-order valence-electron chi connectivity index (χ4n) is 10.3. The zero-order chi connectivity index (χ0) is 53.3. The number of carbonyl (C=O) groups excluding carboxylic acids is 7. The van der Waals surface area contributed by atoms with Gasteiger partial charge in [0.1, 0.15) is 23.9 Å². The number of benzene rings is 5. The lowest BCUT2D eigenvalue weighted by Gasteiger charge is -2.35. The highest BCUT2D eigenvalue weighted by Crippen LogP contribution is 2.38. The summed E-state index contributed by atoms with van der Waals surface area (Å²) in [7, 11) is 4.89. The molecule has 3 aliphatic rings. The molecule has 6 N–H and O–H groups in total. The number of methoxy groups -OCH3 is 1. The summed E-state index contributed by atoms with van der Waals surface area (Å²) >= 11 is 3.56. The number of anilines is 2. The smallest absolute Gasteiger partial charge is 0.258 e. The highest BCUT2D eigenvalue weighted by molar-refractivity contribution is 9.10. The molecule has 410 valence electrons. The lowest BCUT2D eigenvalue weighted by molar-refractivity contribution is -0.143. The van der Waals surface area contributed by atoms with E-state index in [0.29, 0.717) is 17.1 Å². The summed E-state index contributed by atoms with van der Waals surface area (Å²) in [4.78, 5) is 104. The number of likely N-dealkylation sites (N-methyl/N-ethyl adjacent to an activating group) is 2. The van der Waals surface area contributed by atoms with Gasteiger partial charge in [-0.1, -0.05) is 89.8 Å². The minimum Gasteiger partial charge on any atom is -0.496 e. The molecule has 1 saturated carbocycles. The van der Waals surface area contributed by atoms with Crippen molar-refractivity contribution in [1.82, 2.24) is 36.8 Å². The van der Waals surface area contributed by atoms with Crippen LogP contribution in [0.2, 0.25) is 0 Å². The van der Waals surface area contributed by atoms with E-state index in [1.54, 1.807) is 64.2 Å². The molecule has 0 aromatic heterocycles. The van der Waals surface area contributed by atoms with Crippen molar-refractivity contribution in [3.8, 4) is 5.75 Å². The van der Waals surface area contributed by atoms with Gasteiger partial charge in [0.05, 0.1) is 43.7 Å². The molecule has 0 spiro atoms. The van der Waals surface area contributed by atoms with E-state index < -0.39 is 59.9 Å². The van der Waals surface area contributed by atoms with E-state index in [1.165, 1.54) is 34.1 Å². The van der Waals surface area contributed by atoms with Gasteiger partial charge < -0.3 is 51.3 Å². The number of ether oxygens (including phenoxy) is 1. The van der Waals surface area contributed by atoms with Crippen LogP contribution in [0.1, 0.15) is 84.2 Å². The summed E-state index contributed by atoms with van der Waals surface area (Å²) in [6.07, 6.45) is 4.55. The van der Waals surface area contributed by atoms with E-state index in [9.17, 15) is 33.6 Å². The minimum atomic E-state index is -1.17. The lowest BCUT2D eigenvalue weighted by Crippen LogP contribution is -2.58. The van der Waals surface area contributed by atoms with E-state index in [1.807, 2.05) is 60.7 Å². The summed E-state index contributed by atoms with van der Waals surface area (Å²) in [6, 6.07) is 27.5. The van der Waals surface area contributed by atoms with Gasteiger partial charge in [0.15, 0.2) is 0 Å². The molecule has 20 heteroatoms. The number of para-hydroxylation sites is 2. The first-order valence-electron chi connectivity index (χ1n) is 25.6. The molecule has 1 saturated heterocycles. The number of hydrogen-bond donors (Lipinski definition) is 6. The zero-order valence-electron chi connectivity index (χ0n) is 43.8. The molecule has 8 rings (SSSR count). The molecule has 17 nitrogen and oxygen atoms in total. The predicted molar refractivity (Wildman–Crippen MR) is 306 cm³/mol. The normalized spacial score (nSPS) is 18.5. The molecule has 0 bridgehead atoms.